The molecule has 1 amide bonds. The summed E-state index contributed by atoms with van der Waals surface area (Å²) in [6.07, 6.45) is 5.81. The van der Waals surface area contributed by atoms with Crippen molar-refractivity contribution in [2.75, 3.05) is 0 Å². The number of amides is 1. The second-order valence-electron chi connectivity index (χ2n) is 7.82. The Kier molecular flexibility index (Phi) is 5.67. The van der Waals surface area contributed by atoms with E-state index in [0.29, 0.717) is 12.1 Å². The maximum atomic E-state index is 14.3. The Balaban J connectivity index is 1.74. The molecule has 0 radical (unpaired) electrons. The van der Waals surface area contributed by atoms with Crippen LogP contribution in [0.1, 0.15) is 42.5 Å². The molecule has 1 saturated carbocycles. The van der Waals surface area contributed by atoms with Crippen LogP contribution in [0.25, 0.3) is 17.0 Å². The van der Waals surface area contributed by atoms with Crippen LogP contribution in [-0.4, -0.2) is 16.5 Å². The predicted octanol–water partition coefficient (Wildman–Crippen LogP) is 5.10. The van der Waals surface area contributed by atoms with Gasteiger partial charge in [0, 0.05) is 33.8 Å². The molecule has 1 fully saturated rings. The van der Waals surface area contributed by atoms with Gasteiger partial charge in [-0.3, -0.25) is 4.79 Å². The summed E-state index contributed by atoms with van der Waals surface area (Å²) in [4.78, 5) is 12.7. The zero-order valence-corrected chi connectivity index (χ0v) is 17.0. The summed E-state index contributed by atoms with van der Waals surface area (Å²) in [6.45, 7) is 2.32. The summed E-state index contributed by atoms with van der Waals surface area (Å²) in [5.74, 6) is -0.574. The van der Waals surface area contributed by atoms with E-state index in [-0.39, 0.29) is 23.3 Å². The topological polar surface area (TPSA) is 57.8 Å². The molecule has 0 unspecified atom stereocenters. The minimum Gasteiger partial charge on any atom is -0.349 e. The fourth-order valence-electron chi connectivity index (χ4n) is 4.27. The summed E-state index contributed by atoms with van der Waals surface area (Å²) in [7, 11) is 0. The molecule has 1 heterocycles. The van der Waals surface area contributed by atoms with Crippen molar-refractivity contribution in [1.82, 2.24) is 9.88 Å². The number of nitrogens with zero attached hydrogens (tertiary/aromatic N) is 2. The monoisotopic (exact) mass is 401 g/mol. The Labute approximate surface area is 175 Å². The van der Waals surface area contributed by atoms with Crippen molar-refractivity contribution in [2.24, 2.45) is 0 Å². The van der Waals surface area contributed by atoms with Gasteiger partial charge in [-0.05, 0) is 38.0 Å². The summed E-state index contributed by atoms with van der Waals surface area (Å²) in [6, 6.07) is 16.8. The summed E-state index contributed by atoms with van der Waals surface area (Å²) >= 11 is 0. The normalized spacial score (nSPS) is 14.8. The molecule has 1 aromatic heterocycles. The minimum atomic E-state index is -0.324. The van der Waals surface area contributed by atoms with Gasteiger partial charge in [-0.2, -0.15) is 5.26 Å². The molecule has 1 aliphatic carbocycles. The van der Waals surface area contributed by atoms with Crippen molar-refractivity contribution in [1.29, 1.82) is 5.26 Å². The number of fused-ring (bicyclic) bond motifs is 1. The molecule has 1 aliphatic rings. The zero-order chi connectivity index (χ0) is 21.1. The Morgan fingerprint density at radius 2 is 1.90 bits per heavy atom. The Hall–Kier alpha value is -3.39. The van der Waals surface area contributed by atoms with Crippen LogP contribution in [0.15, 0.2) is 54.1 Å². The number of carbonyl (C=O) groups is 1. The molecule has 2 aromatic carbocycles. The molecule has 4 nitrogen and oxygen atoms in total. The maximum absolute atomic E-state index is 14.3. The van der Waals surface area contributed by atoms with Crippen molar-refractivity contribution in [3.05, 3.63) is 76.7 Å². The van der Waals surface area contributed by atoms with Crippen LogP contribution in [0.3, 0.4) is 0 Å². The van der Waals surface area contributed by atoms with E-state index in [1.54, 1.807) is 18.2 Å². The molecule has 30 heavy (non-hydrogen) atoms. The van der Waals surface area contributed by atoms with E-state index in [0.717, 1.165) is 47.8 Å². The number of nitrogens with one attached hydrogen (secondary N) is 1. The van der Waals surface area contributed by atoms with Crippen LogP contribution >= 0.6 is 0 Å². The Bertz CT molecular complexity index is 1160. The van der Waals surface area contributed by atoms with Crippen LogP contribution in [0, 0.1) is 24.1 Å². The first-order valence-corrected chi connectivity index (χ1v) is 10.3. The lowest BCUT2D eigenvalue weighted by molar-refractivity contribution is -0.117. The molecule has 3 aromatic rings. The number of rotatable bonds is 5. The lowest BCUT2D eigenvalue weighted by Gasteiger charge is -2.11. The van der Waals surface area contributed by atoms with Gasteiger partial charge in [0.1, 0.15) is 17.5 Å². The second-order valence-corrected chi connectivity index (χ2v) is 7.82. The third-order valence-electron chi connectivity index (χ3n) is 5.91. The Morgan fingerprint density at radius 3 is 2.63 bits per heavy atom. The van der Waals surface area contributed by atoms with E-state index in [9.17, 15) is 14.4 Å². The molecule has 0 saturated heterocycles. The van der Waals surface area contributed by atoms with Gasteiger partial charge in [-0.1, -0.05) is 49.2 Å². The SMILES string of the molecule is Cc1c(/C=C(/C#N)C(=O)NC2CCCC2)c2ccccc2n1Cc1ccccc1F. The molecule has 5 heteroatoms. The van der Waals surface area contributed by atoms with Crippen molar-refractivity contribution >= 4 is 22.9 Å². The molecule has 4 rings (SSSR count). The van der Waals surface area contributed by atoms with Crippen LogP contribution in [0.4, 0.5) is 4.39 Å². The van der Waals surface area contributed by atoms with Gasteiger partial charge in [0.2, 0.25) is 0 Å². The van der Waals surface area contributed by atoms with E-state index in [4.69, 9.17) is 0 Å². The summed E-state index contributed by atoms with van der Waals surface area (Å²) < 4.78 is 16.3. The number of aromatic nitrogens is 1. The van der Waals surface area contributed by atoms with Crippen molar-refractivity contribution in [3.8, 4) is 6.07 Å². The molecular formula is C25H24FN3O. The quantitative estimate of drug-likeness (QED) is 0.477. The lowest BCUT2D eigenvalue weighted by Crippen LogP contribution is -2.33. The fourth-order valence-corrected chi connectivity index (χ4v) is 4.27. The van der Waals surface area contributed by atoms with Gasteiger partial charge in [0.25, 0.3) is 5.91 Å². The van der Waals surface area contributed by atoms with Crippen molar-refractivity contribution in [2.45, 2.75) is 45.2 Å². The van der Waals surface area contributed by atoms with Gasteiger partial charge in [0.15, 0.2) is 0 Å². The van der Waals surface area contributed by atoms with Crippen LogP contribution in [-0.2, 0) is 11.3 Å². The number of carbonyl (C=O) groups excluding carboxylic acids is 1. The third kappa shape index (κ3) is 3.86. The summed E-state index contributed by atoms with van der Waals surface area (Å²) in [5.41, 5.74) is 3.34. The molecule has 0 atom stereocenters. The van der Waals surface area contributed by atoms with E-state index >= 15 is 0 Å². The molecular weight excluding hydrogens is 377 g/mol. The van der Waals surface area contributed by atoms with Crippen LogP contribution in [0.5, 0.6) is 0 Å². The van der Waals surface area contributed by atoms with E-state index in [2.05, 4.69) is 11.4 Å². The first-order valence-electron chi connectivity index (χ1n) is 10.3. The highest BCUT2D eigenvalue weighted by Gasteiger charge is 2.21. The van der Waals surface area contributed by atoms with Crippen molar-refractivity contribution in [3.63, 3.8) is 0 Å². The highest BCUT2D eigenvalue weighted by atomic mass is 19.1. The maximum Gasteiger partial charge on any atom is 0.262 e. The molecule has 1 N–H and O–H groups in total. The van der Waals surface area contributed by atoms with E-state index < -0.39 is 0 Å². The fraction of sp³-hybridized carbons (Fsp3) is 0.280. The largest absolute Gasteiger partial charge is 0.349 e. The first-order chi connectivity index (χ1) is 14.6. The highest BCUT2D eigenvalue weighted by molar-refractivity contribution is 6.04. The number of para-hydroxylation sites is 1. The summed E-state index contributed by atoms with van der Waals surface area (Å²) in [5, 5.41) is 13.6. The minimum absolute atomic E-state index is 0.0961. The predicted molar refractivity (Wildman–Crippen MR) is 116 cm³/mol. The first kappa shape index (κ1) is 19.9. The number of hydrogen-bond donors (Lipinski definition) is 1. The molecule has 0 spiro atoms. The number of hydrogen-bond acceptors (Lipinski definition) is 2. The molecule has 0 aliphatic heterocycles. The third-order valence-corrected chi connectivity index (χ3v) is 5.91. The number of benzene rings is 2. The molecule has 152 valence electrons. The van der Waals surface area contributed by atoms with Crippen molar-refractivity contribution < 1.29 is 9.18 Å². The number of nitriles is 1. The Morgan fingerprint density at radius 1 is 1.20 bits per heavy atom. The van der Waals surface area contributed by atoms with Gasteiger partial charge < -0.3 is 9.88 Å². The lowest BCUT2D eigenvalue weighted by atomic mass is 10.1. The standard InChI is InChI=1S/C25H24FN3O/c1-17-22(14-19(15-27)25(30)28-20-9-3-4-10-20)21-11-5-7-13-24(21)29(17)16-18-8-2-6-12-23(18)26/h2,5-8,11-14,20H,3-4,9-10,16H2,1H3,(H,28,30)/b19-14-. The van der Waals surface area contributed by atoms with Crippen LogP contribution < -0.4 is 5.32 Å². The number of halogens is 1. The highest BCUT2D eigenvalue weighted by Crippen LogP contribution is 2.29. The van der Waals surface area contributed by atoms with Gasteiger partial charge in [0.05, 0.1) is 6.54 Å². The van der Waals surface area contributed by atoms with E-state index in [1.165, 1.54) is 6.07 Å². The average molecular weight is 401 g/mol. The zero-order valence-electron chi connectivity index (χ0n) is 17.0. The van der Waals surface area contributed by atoms with Crippen LogP contribution in [0.2, 0.25) is 0 Å². The second kappa shape index (κ2) is 8.54. The van der Waals surface area contributed by atoms with Gasteiger partial charge in [-0.15, -0.1) is 0 Å². The van der Waals surface area contributed by atoms with Gasteiger partial charge >= 0.3 is 0 Å². The smallest absolute Gasteiger partial charge is 0.262 e. The van der Waals surface area contributed by atoms with Gasteiger partial charge in [-0.25, -0.2) is 4.39 Å². The van der Waals surface area contributed by atoms with E-state index in [1.807, 2.05) is 41.8 Å². The molecule has 0 bridgehead atoms. The average Bonchev–Trinajstić information content (AvgIpc) is 3.35.